The number of morpholine rings is 1. The summed E-state index contributed by atoms with van der Waals surface area (Å²) in [6.45, 7) is 7.30. The van der Waals surface area contributed by atoms with Gasteiger partial charge in [-0.3, -0.25) is 9.67 Å². The number of nitrogens with one attached hydrogen (secondary N) is 1. The van der Waals surface area contributed by atoms with Gasteiger partial charge in [-0.15, -0.1) is 0 Å². The van der Waals surface area contributed by atoms with E-state index in [1.165, 1.54) is 0 Å². The van der Waals surface area contributed by atoms with Crippen LogP contribution in [0.3, 0.4) is 0 Å². The van der Waals surface area contributed by atoms with Gasteiger partial charge in [0.1, 0.15) is 6.10 Å². The van der Waals surface area contributed by atoms with Crippen molar-refractivity contribution in [1.29, 1.82) is 0 Å². The topological polar surface area (TPSA) is 73.1 Å². The highest BCUT2D eigenvalue weighted by molar-refractivity contribution is 5.80. The van der Waals surface area contributed by atoms with Crippen molar-refractivity contribution in [3.8, 4) is 0 Å². The SMILES string of the molecule is CCNC(=NCC1(OC)CCOCC1)N1CCOC(c2cnn(C)c2)C1. The molecule has 0 radical (unpaired) electrons. The van der Waals surface area contributed by atoms with Crippen LogP contribution in [0.2, 0.25) is 0 Å². The maximum Gasteiger partial charge on any atom is 0.194 e. The molecule has 1 aromatic rings. The molecule has 1 unspecified atom stereocenters. The minimum atomic E-state index is -0.214. The van der Waals surface area contributed by atoms with Gasteiger partial charge >= 0.3 is 0 Å². The summed E-state index contributed by atoms with van der Waals surface area (Å²) < 4.78 is 19.1. The average molecular weight is 365 g/mol. The van der Waals surface area contributed by atoms with E-state index in [0.29, 0.717) is 13.2 Å². The second kappa shape index (κ2) is 8.83. The van der Waals surface area contributed by atoms with E-state index in [1.54, 1.807) is 7.11 Å². The number of aliphatic imine (C=N–C) groups is 1. The van der Waals surface area contributed by atoms with Crippen molar-refractivity contribution in [2.45, 2.75) is 31.5 Å². The normalized spacial score (nSPS) is 23.9. The summed E-state index contributed by atoms with van der Waals surface area (Å²) in [5.41, 5.74) is 0.888. The monoisotopic (exact) mass is 365 g/mol. The van der Waals surface area contributed by atoms with Crippen LogP contribution in [0.25, 0.3) is 0 Å². The van der Waals surface area contributed by atoms with Crippen LogP contribution in [0.5, 0.6) is 0 Å². The minimum Gasteiger partial charge on any atom is -0.381 e. The Morgan fingerprint density at radius 1 is 1.42 bits per heavy atom. The molecule has 0 aromatic carbocycles. The van der Waals surface area contributed by atoms with E-state index < -0.39 is 0 Å². The molecule has 0 aliphatic carbocycles. The maximum absolute atomic E-state index is 5.95. The second-order valence-corrected chi connectivity index (χ2v) is 6.92. The standard InChI is InChI=1S/C18H31N5O3/c1-4-19-17(20-14-18(24-3)5-8-25-9-6-18)23-7-10-26-16(13-23)15-11-21-22(2)12-15/h11-12,16H,4-10,13-14H2,1-3H3,(H,19,20). The highest BCUT2D eigenvalue weighted by atomic mass is 16.5. The van der Waals surface area contributed by atoms with Crippen molar-refractivity contribution in [1.82, 2.24) is 20.0 Å². The van der Waals surface area contributed by atoms with Gasteiger partial charge in [-0.1, -0.05) is 0 Å². The lowest BCUT2D eigenvalue weighted by molar-refractivity contribution is -0.0830. The Kier molecular flexibility index (Phi) is 6.50. The Bertz CT molecular complexity index is 597. The van der Waals surface area contributed by atoms with Crippen molar-refractivity contribution in [3.63, 3.8) is 0 Å². The molecular formula is C18H31N5O3. The number of hydrogen-bond acceptors (Lipinski definition) is 5. The maximum atomic E-state index is 5.95. The Morgan fingerprint density at radius 3 is 2.88 bits per heavy atom. The van der Waals surface area contributed by atoms with E-state index in [4.69, 9.17) is 19.2 Å². The fourth-order valence-corrected chi connectivity index (χ4v) is 3.46. The molecule has 0 bridgehead atoms. The van der Waals surface area contributed by atoms with Gasteiger partial charge in [0.2, 0.25) is 0 Å². The molecule has 8 nitrogen and oxygen atoms in total. The quantitative estimate of drug-likeness (QED) is 0.619. The molecule has 2 aliphatic heterocycles. The van der Waals surface area contributed by atoms with Gasteiger partial charge in [-0.05, 0) is 6.92 Å². The molecule has 3 heterocycles. The number of guanidine groups is 1. The first-order valence-corrected chi connectivity index (χ1v) is 9.42. The molecule has 2 aliphatic rings. The van der Waals surface area contributed by atoms with Gasteiger partial charge in [0.25, 0.3) is 0 Å². The molecule has 2 fully saturated rings. The molecule has 0 amide bonds. The molecule has 1 aromatic heterocycles. The largest absolute Gasteiger partial charge is 0.381 e. The first-order chi connectivity index (χ1) is 12.7. The van der Waals surface area contributed by atoms with Crippen molar-refractivity contribution in [2.75, 3.05) is 53.1 Å². The number of nitrogens with zero attached hydrogens (tertiary/aromatic N) is 4. The smallest absolute Gasteiger partial charge is 0.194 e. The van der Waals surface area contributed by atoms with Crippen molar-refractivity contribution in [2.24, 2.45) is 12.0 Å². The highest BCUT2D eigenvalue weighted by Crippen LogP contribution is 2.25. The van der Waals surface area contributed by atoms with E-state index in [0.717, 1.165) is 57.2 Å². The van der Waals surface area contributed by atoms with Crippen LogP contribution in [0, 0.1) is 0 Å². The van der Waals surface area contributed by atoms with Crippen LogP contribution >= 0.6 is 0 Å². The molecule has 146 valence electrons. The molecule has 26 heavy (non-hydrogen) atoms. The van der Waals surface area contributed by atoms with Crippen LogP contribution in [0.15, 0.2) is 17.4 Å². The third-order valence-corrected chi connectivity index (χ3v) is 5.15. The zero-order chi connectivity index (χ0) is 18.4. The van der Waals surface area contributed by atoms with Crippen LogP contribution in [-0.2, 0) is 21.3 Å². The Morgan fingerprint density at radius 2 is 2.23 bits per heavy atom. The number of rotatable bonds is 5. The first kappa shape index (κ1) is 19.1. The summed E-state index contributed by atoms with van der Waals surface area (Å²) in [6, 6.07) is 0. The van der Waals surface area contributed by atoms with Crippen LogP contribution in [0.1, 0.15) is 31.4 Å². The predicted octanol–water partition coefficient (Wildman–Crippen LogP) is 0.955. The number of methoxy groups -OCH3 is 1. The van der Waals surface area contributed by atoms with E-state index in [2.05, 4.69) is 22.2 Å². The Labute approximate surface area is 155 Å². The molecule has 0 spiro atoms. The van der Waals surface area contributed by atoms with E-state index in [9.17, 15) is 0 Å². The zero-order valence-corrected chi connectivity index (χ0v) is 16.1. The molecule has 8 heteroatoms. The van der Waals surface area contributed by atoms with Crippen LogP contribution < -0.4 is 5.32 Å². The fourth-order valence-electron chi connectivity index (χ4n) is 3.46. The van der Waals surface area contributed by atoms with Gasteiger partial charge in [0.15, 0.2) is 5.96 Å². The van der Waals surface area contributed by atoms with Crippen LogP contribution in [0.4, 0.5) is 0 Å². The fraction of sp³-hybridized carbons (Fsp3) is 0.778. The molecule has 1 atom stereocenters. The minimum absolute atomic E-state index is 0.0146. The summed E-state index contributed by atoms with van der Waals surface area (Å²) in [4.78, 5) is 7.18. The lowest BCUT2D eigenvalue weighted by Gasteiger charge is -2.37. The van der Waals surface area contributed by atoms with Crippen molar-refractivity contribution < 1.29 is 14.2 Å². The number of aromatic nitrogens is 2. The highest BCUT2D eigenvalue weighted by Gasteiger charge is 2.33. The molecule has 1 N–H and O–H groups in total. The summed E-state index contributed by atoms with van der Waals surface area (Å²) >= 11 is 0. The number of hydrogen-bond donors (Lipinski definition) is 1. The molecule has 3 rings (SSSR count). The molecule has 2 saturated heterocycles. The molecular weight excluding hydrogens is 334 g/mol. The van der Waals surface area contributed by atoms with Gasteiger partial charge in [0.05, 0.1) is 31.5 Å². The first-order valence-electron chi connectivity index (χ1n) is 9.42. The summed E-state index contributed by atoms with van der Waals surface area (Å²) in [5, 5.41) is 7.68. The number of aryl methyl sites for hydroxylation is 1. The van der Waals surface area contributed by atoms with Gasteiger partial charge in [-0.2, -0.15) is 5.10 Å². The summed E-state index contributed by atoms with van der Waals surface area (Å²) in [7, 11) is 3.70. The molecule has 0 saturated carbocycles. The number of ether oxygens (including phenoxy) is 3. The third kappa shape index (κ3) is 4.55. The van der Waals surface area contributed by atoms with Gasteiger partial charge < -0.3 is 24.4 Å². The van der Waals surface area contributed by atoms with E-state index in [-0.39, 0.29) is 11.7 Å². The average Bonchev–Trinajstić information content (AvgIpc) is 3.12. The van der Waals surface area contributed by atoms with Crippen LogP contribution in [-0.4, -0.2) is 79.4 Å². The second-order valence-electron chi connectivity index (χ2n) is 6.92. The lowest BCUT2D eigenvalue weighted by atomic mass is 9.94. The Balaban J connectivity index is 1.69. The van der Waals surface area contributed by atoms with Crippen molar-refractivity contribution >= 4 is 5.96 Å². The predicted molar refractivity (Wildman–Crippen MR) is 99.2 cm³/mol. The van der Waals surface area contributed by atoms with E-state index >= 15 is 0 Å². The zero-order valence-electron chi connectivity index (χ0n) is 16.1. The van der Waals surface area contributed by atoms with Crippen molar-refractivity contribution in [3.05, 3.63) is 18.0 Å². The third-order valence-electron chi connectivity index (χ3n) is 5.15. The van der Waals surface area contributed by atoms with E-state index in [1.807, 2.05) is 24.1 Å². The van der Waals surface area contributed by atoms with Gasteiger partial charge in [-0.25, -0.2) is 0 Å². The lowest BCUT2D eigenvalue weighted by Crippen LogP contribution is -2.49. The summed E-state index contributed by atoms with van der Waals surface area (Å²) in [5.74, 6) is 0.924. The Hall–Kier alpha value is -1.64. The van der Waals surface area contributed by atoms with Gasteiger partial charge in [0, 0.05) is 65.1 Å². The summed E-state index contributed by atoms with van der Waals surface area (Å²) in [6.07, 6.45) is 5.67.